The summed E-state index contributed by atoms with van der Waals surface area (Å²) in [5.74, 6) is 1.08. The Morgan fingerprint density at radius 2 is 1.33 bits per heavy atom. The van der Waals surface area contributed by atoms with Crippen LogP contribution in [0.15, 0.2) is 127 Å². The van der Waals surface area contributed by atoms with Gasteiger partial charge in [0.2, 0.25) is 7.98 Å². The third kappa shape index (κ3) is 5.54. The van der Waals surface area contributed by atoms with Gasteiger partial charge in [0.15, 0.2) is 0 Å². The smallest absolute Gasteiger partial charge is 0.236 e. The van der Waals surface area contributed by atoms with Crippen molar-refractivity contribution >= 4 is 19.4 Å². The Hall–Kier alpha value is -4.48. The molecule has 192 valence electrons. The van der Waals surface area contributed by atoms with Crippen LogP contribution in [0.25, 0.3) is 28.0 Å². The second kappa shape index (κ2) is 11.5. The lowest BCUT2D eigenvalue weighted by atomic mass is 10.00. The van der Waals surface area contributed by atoms with Gasteiger partial charge in [-0.05, 0) is 65.1 Å². The van der Waals surface area contributed by atoms with Crippen molar-refractivity contribution in [2.75, 3.05) is 19.1 Å². The zero-order chi connectivity index (χ0) is 27.4. The predicted octanol–water partition coefficient (Wildman–Crippen LogP) is 7.59. The molecule has 5 rings (SSSR count). The Bertz CT molecular complexity index is 1550. The fourth-order valence-electron chi connectivity index (χ4n) is 4.97. The van der Waals surface area contributed by atoms with Gasteiger partial charge in [0.25, 0.3) is 0 Å². The predicted molar refractivity (Wildman–Crippen MR) is 164 cm³/mol. The van der Waals surface area contributed by atoms with Gasteiger partial charge in [-0.15, -0.1) is 0 Å². The average molecular weight is 509 g/mol. The maximum Gasteiger partial charge on any atom is 0.236 e. The largest absolute Gasteiger partial charge is 0.508 e. The first kappa shape index (κ1) is 26.1. The number of nitrogens with zero attached hydrogens (tertiary/aromatic N) is 3. The number of phenolic OH excluding ortho intramolecular Hbond substituents is 1. The van der Waals surface area contributed by atoms with Crippen LogP contribution in [0.5, 0.6) is 5.75 Å². The van der Waals surface area contributed by atoms with Gasteiger partial charge in [-0.2, -0.15) is 0 Å². The normalized spacial score (nSPS) is 12.5. The molecule has 0 bridgehead atoms. The molecule has 0 saturated heterocycles. The van der Waals surface area contributed by atoms with Crippen molar-refractivity contribution in [2.24, 2.45) is 0 Å². The third-order valence-corrected chi connectivity index (χ3v) is 7.22. The minimum absolute atomic E-state index is 0.0490. The molecule has 5 aromatic rings. The number of hydrogen-bond acceptors (Lipinski definition) is 3. The quantitative estimate of drug-likeness (QED) is 0.173. The SMILES string of the molecule is [B]n1c(-c2ccc(O)cc2)cc(-c2ccccc2)c1N(C)N(C)C(/C=C(\C)c1ccccc1)c1ccccc1. The van der Waals surface area contributed by atoms with Gasteiger partial charge in [-0.1, -0.05) is 97.1 Å². The zero-order valence-corrected chi connectivity index (χ0v) is 22.6. The lowest BCUT2D eigenvalue weighted by Gasteiger charge is -2.37. The van der Waals surface area contributed by atoms with Crippen molar-refractivity contribution in [1.29, 1.82) is 0 Å². The fraction of sp³-hybridized carbons (Fsp3) is 0.118. The molecular weight excluding hydrogens is 477 g/mol. The first-order valence-corrected chi connectivity index (χ1v) is 13.0. The monoisotopic (exact) mass is 509 g/mol. The highest BCUT2D eigenvalue weighted by atomic mass is 16.3. The van der Waals surface area contributed by atoms with Crippen LogP contribution >= 0.6 is 0 Å². The molecule has 4 nitrogen and oxygen atoms in total. The molecule has 0 aliphatic rings. The lowest BCUT2D eigenvalue weighted by molar-refractivity contribution is 0.274. The van der Waals surface area contributed by atoms with Crippen LogP contribution in [0.2, 0.25) is 0 Å². The number of aromatic hydroxyl groups is 1. The molecule has 0 aliphatic carbocycles. The van der Waals surface area contributed by atoms with Crippen LogP contribution in [-0.4, -0.2) is 36.7 Å². The molecule has 0 spiro atoms. The molecule has 0 aliphatic heterocycles. The van der Waals surface area contributed by atoms with Gasteiger partial charge in [-0.25, -0.2) is 5.01 Å². The summed E-state index contributed by atoms with van der Waals surface area (Å²) in [6.45, 7) is 2.16. The van der Waals surface area contributed by atoms with Crippen molar-refractivity contribution < 1.29 is 5.11 Å². The molecule has 1 heterocycles. The number of benzene rings is 4. The topological polar surface area (TPSA) is 31.6 Å². The number of phenols is 1. The first-order chi connectivity index (χ1) is 18.9. The van der Waals surface area contributed by atoms with E-state index < -0.39 is 0 Å². The molecule has 2 radical (unpaired) electrons. The average Bonchev–Trinajstić information content (AvgIpc) is 3.33. The van der Waals surface area contributed by atoms with E-state index in [0.717, 1.165) is 28.2 Å². The van der Waals surface area contributed by atoms with Gasteiger partial charge < -0.3 is 9.58 Å². The maximum atomic E-state index is 9.84. The summed E-state index contributed by atoms with van der Waals surface area (Å²) < 4.78 is 1.74. The van der Waals surface area contributed by atoms with Crippen LogP contribution in [0.1, 0.15) is 24.1 Å². The number of hydrogen-bond donors (Lipinski definition) is 1. The third-order valence-electron chi connectivity index (χ3n) is 7.22. The number of likely N-dealkylation sites (N-methyl/N-ethyl adjacent to an activating group) is 1. The molecule has 39 heavy (non-hydrogen) atoms. The van der Waals surface area contributed by atoms with Gasteiger partial charge in [-0.3, -0.25) is 5.01 Å². The van der Waals surface area contributed by atoms with Crippen LogP contribution < -0.4 is 5.01 Å². The van der Waals surface area contributed by atoms with Crippen molar-refractivity contribution in [3.63, 3.8) is 0 Å². The Morgan fingerprint density at radius 1 is 0.769 bits per heavy atom. The van der Waals surface area contributed by atoms with Crippen LogP contribution in [0.3, 0.4) is 0 Å². The molecule has 1 atom stereocenters. The van der Waals surface area contributed by atoms with Crippen LogP contribution in [0.4, 0.5) is 5.82 Å². The molecular formula is C34H32BN3O. The van der Waals surface area contributed by atoms with E-state index in [4.69, 9.17) is 7.98 Å². The summed E-state index contributed by atoms with van der Waals surface area (Å²) in [4.78, 5) is 0. The first-order valence-electron chi connectivity index (χ1n) is 13.0. The van der Waals surface area contributed by atoms with Crippen LogP contribution in [0, 0.1) is 0 Å². The Balaban J connectivity index is 1.62. The van der Waals surface area contributed by atoms with Gasteiger partial charge in [0, 0.05) is 25.4 Å². The maximum absolute atomic E-state index is 9.84. The molecule has 0 fully saturated rings. The second-order valence-corrected chi connectivity index (χ2v) is 9.72. The summed E-state index contributed by atoms with van der Waals surface area (Å²) in [6, 6.07) is 40.4. The molecule has 1 unspecified atom stereocenters. The number of aromatic nitrogens is 1. The van der Waals surface area contributed by atoms with E-state index in [9.17, 15) is 5.11 Å². The van der Waals surface area contributed by atoms with E-state index in [1.807, 2.05) is 49.5 Å². The number of hydrazine groups is 1. The summed E-state index contributed by atoms with van der Waals surface area (Å²) in [5.41, 5.74) is 7.44. The summed E-state index contributed by atoms with van der Waals surface area (Å²) in [7, 11) is 11.0. The molecule has 0 amide bonds. The second-order valence-electron chi connectivity index (χ2n) is 9.72. The zero-order valence-electron chi connectivity index (χ0n) is 22.6. The molecule has 4 aromatic carbocycles. The fourth-order valence-corrected chi connectivity index (χ4v) is 4.97. The Morgan fingerprint density at radius 3 is 1.95 bits per heavy atom. The number of rotatable bonds is 8. The Kier molecular flexibility index (Phi) is 7.71. The highest BCUT2D eigenvalue weighted by Crippen LogP contribution is 2.39. The minimum Gasteiger partial charge on any atom is -0.508 e. The van der Waals surface area contributed by atoms with Gasteiger partial charge >= 0.3 is 0 Å². The molecule has 5 heteroatoms. The molecule has 1 N–H and O–H groups in total. The van der Waals surface area contributed by atoms with E-state index in [0.29, 0.717) is 0 Å². The lowest BCUT2D eigenvalue weighted by Crippen LogP contribution is -2.40. The van der Waals surface area contributed by atoms with Crippen molar-refractivity contribution in [1.82, 2.24) is 9.49 Å². The summed E-state index contributed by atoms with van der Waals surface area (Å²) >= 11 is 0. The van der Waals surface area contributed by atoms with E-state index in [-0.39, 0.29) is 11.8 Å². The van der Waals surface area contributed by atoms with E-state index in [1.54, 1.807) is 16.6 Å². The Labute approximate surface area is 232 Å². The summed E-state index contributed by atoms with van der Waals surface area (Å²) in [6.07, 6.45) is 2.30. The van der Waals surface area contributed by atoms with Crippen molar-refractivity contribution in [3.8, 4) is 28.1 Å². The number of anilines is 1. The van der Waals surface area contributed by atoms with Crippen molar-refractivity contribution in [3.05, 3.63) is 139 Å². The minimum atomic E-state index is -0.0490. The van der Waals surface area contributed by atoms with Gasteiger partial charge in [0.1, 0.15) is 11.6 Å². The van der Waals surface area contributed by atoms with Gasteiger partial charge in [0.05, 0.1) is 6.04 Å². The van der Waals surface area contributed by atoms with E-state index >= 15 is 0 Å². The molecule has 1 aromatic heterocycles. The van der Waals surface area contributed by atoms with Crippen molar-refractivity contribution in [2.45, 2.75) is 13.0 Å². The molecule has 0 saturated carbocycles. The highest BCUT2D eigenvalue weighted by Gasteiger charge is 2.25. The van der Waals surface area contributed by atoms with Crippen LogP contribution in [-0.2, 0) is 0 Å². The standard InChI is InChI=1S/C34H32BN3O/c1-25(26-13-7-4-8-14-26)23-32(28-17-11-6-12-18-28)36(2)37(3)34-31(27-15-9-5-10-16-27)24-33(38(34)35)29-19-21-30(39)22-20-29/h4-24,32,39H,1-3H3/b25-23+. The van der Waals surface area contributed by atoms with E-state index in [1.165, 1.54) is 16.7 Å². The van der Waals surface area contributed by atoms with E-state index in [2.05, 4.69) is 96.8 Å². The highest BCUT2D eigenvalue weighted by molar-refractivity contribution is 6.12. The summed E-state index contributed by atoms with van der Waals surface area (Å²) in [5, 5.41) is 14.2. The number of allylic oxidation sites excluding steroid dienone is 1.